The van der Waals surface area contributed by atoms with Crippen LogP contribution in [0.2, 0.25) is 13.1 Å². The summed E-state index contributed by atoms with van der Waals surface area (Å²) >= 11 is 0.400. The quantitative estimate of drug-likeness (QED) is 0.342. The molecule has 1 aliphatic rings. The molecule has 0 amide bonds. The van der Waals surface area contributed by atoms with E-state index >= 15 is 0 Å². The van der Waals surface area contributed by atoms with Crippen LogP contribution in [0.5, 0.6) is 0 Å². The molecule has 0 N–H and O–H groups in total. The number of nitrogens with zero attached hydrogens (tertiary/aromatic N) is 1. The van der Waals surface area contributed by atoms with Crippen LogP contribution in [0.15, 0.2) is 66.9 Å². The van der Waals surface area contributed by atoms with Gasteiger partial charge in [-0.2, -0.15) is 0 Å². The fourth-order valence-electron chi connectivity index (χ4n) is 4.77. The second-order valence-electron chi connectivity index (χ2n) is 7.65. The summed E-state index contributed by atoms with van der Waals surface area (Å²) < 4.78 is 3.03. The summed E-state index contributed by atoms with van der Waals surface area (Å²) in [5.41, 5.74) is 2.56. The molecular formula is C23H17NSeSi. The number of pyridine rings is 1. The maximum absolute atomic E-state index is 4.92. The van der Waals surface area contributed by atoms with E-state index in [9.17, 15) is 0 Å². The van der Waals surface area contributed by atoms with Crippen molar-refractivity contribution in [2.75, 3.05) is 0 Å². The summed E-state index contributed by atoms with van der Waals surface area (Å²) in [4.78, 5) is 4.92. The van der Waals surface area contributed by atoms with E-state index in [2.05, 4.69) is 73.8 Å². The molecule has 6 rings (SSSR count). The third kappa shape index (κ3) is 1.73. The predicted molar refractivity (Wildman–Crippen MR) is 116 cm³/mol. The van der Waals surface area contributed by atoms with E-state index in [0.717, 1.165) is 0 Å². The van der Waals surface area contributed by atoms with Gasteiger partial charge in [-0.15, -0.1) is 0 Å². The van der Waals surface area contributed by atoms with Crippen molar-refractivity contribution in [1.82, 2.24) is 4.98 Å². The van der Waals surface area contributed by atoms with Crippen molar-refractivity contribution in [3.05, 3.63) is 66.9 Å². The van der Waals surface area contributed by atoms with Crippen LogP contribution in [0, 0.1) is 0 Å². The van der Waals surface area contributed by atoms with Crippen molar-refractivity contribution >= 4 is 63.0 Å². The first-order chi connectivity index (χ1) is 12.7. The third-order valence-corrected chi connectivity index (χ3v) is 11.8. The molecule has 3 aromatic carbocycles. The van der Waals surface area contributed by atoms with E-state index in [4.69, 9.17) is 4.98 Å². The van der Waals surface area contributed by atoms with E-state index in [1.807, 2.05) is 6.20 Å². The normalized spacial score (nSPS) is 14.8. The van der Waals surface area contributed by atoms with E-state index in [-0.39, 0.29) is 0 Å². The molecule has 0 radical (unpaired) electrons. The predicted octanol–water partition coefficient (Wildman–Crippen LogP) is 4.40. The molecule has 2 aromatic heterocycles. The van der Waals surface area contributed by atoms with Gasteiger partial charge in [0.1, 0.15) is 0 Å². The van der Waals surface area contributed by atoms with Crippen molar-refractivity contribution < 1.29 is 0 Å². The van der Waals surface area contributed by atoms with Gasteiger partial charge in [0.25, 0.3) is 0 Å². The minimum absolute atomic E-state index is 0.400. The molecule has 3 heterocycles. The Balaban J connectivity index is 1.96. The number of hydrogen-bond acceptors (Lipinski definition) is 1. The van der Waals surface area contributed by atoms with Gasteiger partial charge in [-0.3, -0.25) is 0 Å². The SMILES string of the molecule is C[Si]1(C)c2c(ccc3ccccc23)-c2nccc3[se]c4cccc1c4c23. The zero-order valence-corrected chi connectivity index (χ0v) is 17.4. The summed E-state index contributed by atoms with van der Waals surface area (Å²) in [6.07, 6.45) is 2.01. The van der Waals surface area contributed by atoms with E-state index in [0.29, 0.717) is 14.5 Å². The summed E-state index contributed by atoms with van der Waals surface area (Å²) in [5, 5.41) is 8.82. The standard InChI is InChI=1S/C23H17NSeSi/c1-26(2)19-9-5-8-17-20(19)21-18(25-17)12-13-24-22(21)16-11-10-14-6-3-4-7-15(14)23(16)26/h3-13H,1-2H3. The van der Waals surface area contributed by atoms with Crippen LogP contribution >= 0.6 is 0 Å². The third-order valence-electron chi connectivity index (χ3n) is 5.89. The van der Waals surface area contributed by atoms with Crippen molar-refractivity contribution in [3.63, 3.8) is 0 Å². The molecule has 5 aromatic rings. The Morgan fingerprint density at radius 1 is 0.808 bits per heavy atom. The minimum atomic E-state index is -1.87. The topological polar surface area (TPSA) is 12.9 Å². The van der Waals surface area contributed by atoms with Crippen LogP contribution in [0.1, 0.15) is 0 Å². The van der Waals surface area contributed by atoms with Gasteiger partial charge in [0.2, 0.25) is 0 Å². The average Bonchev–Trinajstić information content (AvgIpc) is 3.01. The molecule has 0 saturated carbocycles. The van der Waals surface area contributed by atoms with Gasteiger partial charge in [-0.1, -0.05) is 0 Å². The first kappa shape index (κ1) is 14.9. The van der Waals surface area contributed by atoms with E-state index in [1.165, 1.54) is 41.3 Å². The van der Waals surface area contributed by atoms with Crippen LogP contribution in [0.25, 0.3) is 41.3 Å². The number of benzene rings is 3. The first-order valence-corrected chi connectivity index (χ1v) is 13.7. The molecule has 26 heavy (non-hydrogen) atoms. The molecule has 1 aliphatic heterocycles. The zero-order chi connectivity index (χ0) is 17.5. The number of fused-ring (bicyclic) bond motifs is 4. The summed E-state index contributed by atoms with van der Waals surface area (Å²) in [7, 11) is -1.87. The summed E-state index contributed by atoms with van der Waals surface area (Å²) in [6.45, 7) is 5.04. The number of hydrogen-bond donors (Lipinski definition) is 0. The van der Waals surface area contributed by atoms with Crippen LogP contribution < -0.4 is 10.4 Å². The van der Waals surface area contributed by atoms with Gasteiger partial charge in [-0.25, -0.2) is 0 Å². The van der Waals surface area contributed by atoms with Gasteiger partial charge in [-0.05, 0) is 0 Å². The van der Waals surface area contributed by atoms with Gasteiger partial charge < -0.3 is 0 Å². The Kier molecular flexibility index (Phi) is 2.84. The molecule has 0 atom stereocenters. The van der Waals surface area contributed by atoms with Crippen LogP contribution in [-0.4, -0.2) is 27.6 Å². The molecule has 0 bridgehead atoms. The van der Waals surface area contributed by atoms with Crippen LogP contribution in [-0.2, 0) is 0 Å². The van der Waals surface area contributed by atoms with Crippen LogP contribution in [0.4, 0.5) is 0 Å². The Hall–Kier alpha value is -2.19. The molecule has 0 aliphatic carbocycles. The molecule has 3 heteroatoms. The van der Waals surface area contributed by atoms with Crippen molar-refractivity contribution in [2.24, 2.45) is 0 Å². The second-order valence-corrected chi connectivity index (χ2v) is 14.2. The van der Waals surface area contributed by atoms with Gasteiger partial charge in [0.05, 0.1) is 0 Å². The molecule has 0 fully saturated rings. The first-order valence-electron chi connectivity index (χ1n) is 8.99. The number of rotatable bonds is 0. The molecule has 1 nitrogen and oxygen atoms in total. The summed E-state index contributed by atoms with van der Waals surface area (Å²) in [5.74, 6) is 0. The fraction of sp³-hybridized carbons (Fsp3) is 0.0870. The van der Waals surface area contributed by atoms with Crippen molar-refractivity contribution in [3.8, 4) is 11.3 Å². The Morgan fingerprint density at radius 2 is 1.65 bits per heavy atom. The molecule has 0 unspecified atom stereocenters. The molecule has 124 valence electrons. The van der Waals surface area contributed by atoms with Gasteiger partial charge in [0.15, 0.2) is 0 Å². The van der Waals surface area contributed by atoms with Crippen molar-refractivity contribution in [2.45, 2.75) is 13.1 Å². The Bertz CT molecular complexity index is 1360. The molecular weight excluding hydrogens is 397 g/mol. The van der Waals surface area contributed by atoms with Crippen LogP contribution in [0.3, 0.4) is 0 Å². The zero-order valence-electron chi connectivity index (χ0n) is 14.7. The number of aromatic nitrogens is 1. The Morgan fingerprint density at radius 3 is 2.58 bits per heavy atom. The van der Waals surface area contributed by atoms with E-state index in [1.54, 1.807) is 10.4 Å². The monoisotopic (exact) mass is 415 g/mol. The fourth-order valence-corrected chi connectivity index (χ4v) is 10.8. The second kappa shape index (κ2) is 4.95. The average molecular weight is 414 g/mol. The molecule has 0 spiro atoms. The summed E-state index contributed by atoms with van der Waals surface area (Å²) in [6, 6.07) is 22.7. The maximum atomic E-state index is 4.92. The van der Waals surface area contributed by atoms with Gasteiger partial charge in [0, 0.05) is 0 Å². The van der Waals surface area contributed by atoms with Crippen molar-refractivity contribution in [1.29, 1.82) is 0 Å². The Labute approximate surface area is 159 Å². The van der Waals surface area contributed by atoms with Gasteiger partial charge >= 0.3 is 159 Å². The molecule has 0 saturated heterocycles. The van der Waals surface area contributed by atoms with E-state index < -0.39 is 8.07 Å².